The van der Waals surface area contributed by atoms with Gasteiger partial charge in [0.25, 0.3) is 0 Å². The van der Waals surface area contributed by atoms with Crippen LogP contribution in [0, 0.1) is 11.8 Å². The van der Waals surface area contributed by atoms with E-state index in [2.05, 4.69) is 10.6 Å². The smallest absolute Gasteiger partial charge is 0.242 e. The molecule has 0 aromatic carbocycles. The number of nitrogens with two attached hydrogens (primary N) is 1. The molecule has 2 amide bonds. The van der Waals surface area contributed by atoms with Gasteiger partial charge in [-0.05, 0) is 18.8 Å². The van der Waals surface area contributed by atoms with Crippen molar-refractivity contribution in [1.29, 1.82) is 0 Å². The third kappa shape index (κ3) is 4.00. The first kappa shape index (κ1) is 15.9. The van der Waals surface area contributed by atoms with E-state index in [1.807, 2.05) is 27.7 Å². The van der Waals surface area contributed by atoms with Crippen molar-refractivity contribution in [2.75, 3.05) is 7.05 Å². The first-order valence-electron chi connectivity index (χ1n) is 5.96. The zero-order chi connectivity index (χ0) is 13.8. The SMILES string of the molecule is CNC(=O)C(NC(=O)C(C)(N)C(C)C)C(C)C. The largest absolute Gasteiger partial charge is 0.357 e. The van der Waals surface area contributed by atoms with Crippen molar-refractivity contribution in [3.63, 3.8) is 0 Å². The molecule has 0 aliphatic rings. The molecule has 100 valence electrons. The van der Waals surface area contributed by atoms with Crippen LogP contribution in [0.1, 0.15) is 34.6 Å². The van der Waals surface area contributed by atoms with Gasteiger partial charge in [-0.3, -0.25) is 9.59 Å². The van der Waals surface area contributed by atoms with E-state index in [1.54, 1.807) is 14.0 Å². The molecule has 5 heteroatoms. The molecule has 0 bridgehead atoms. The molecule has 2 unspecified atom stereocenters. The summed E-state index contributed by atoms with van der Waals surface area (Å²) in [6.45, 7) is 9.19. The number of rotatable bonds is 5. The maximum atomic E-state index is 12.0. The fraction of sp³-hybridized carbons (Fsp3) is 0.833. The molecule has 17 heavy (non-hydrogen) atoms. The molecule has 0 saturated heterocycles. The van der Waals surface area contributed by atoms with Crippen LogP contribution in [0.15, 0.2) is 0 Å². The van der Waals surface area contributed by atoms with Crippen LogP contribution in [-0.4, -0.2) is 30.4 Å². The van der Waals surface area contributed by atoms with E-state index in [0.29, 0.717) is 0 Å². The van der Waals surface area contributed by atoms with Gasteiger partial charge in [-0.1, -0.05) is 27.7 Å². The van der Waals surface area contributed by atoms with Crippen molar-refractivity contribution in [3.8, 4) is 0 Å². The van der Waals surface area contributed by atoms with E-state index in [1.165, 1.54) is 0 Å². The summed E-state index contributed by atoms with van der Waals surface area (Å²) in [6, 6.07) is -0.547. The fourth-order valence-corrected chi connectivity index (χ4v) is 1.25. The Kier molecular flexibility index (Phi) is 5.61. The van der Waals surface area contributed by atoms with E-state index >= 15 is 0 Å². The lowest BCUT2D eigenvalue weighted by atomic mass is 9.88. The molecular formula is C12H25N3O2. The predicted molar refractivity (Wildman–Crippen MR) is 68.3 cm³/mol. The highest BCUT2D eigenvalue weighted by Gasteiger charge is 2.35. The van der Waals surface area contributed by atoms with E-state index in [0.717, 1.165) is 0 Å². The fourth-order valence-electron chi connectivity index (χ4n) is 1.25. The molecule has 0 heterocycles. The number of carbonyl (C=O) groups is 2. The average Bonchev–Trinajstić information content (AvgIpc) is 2.23. The molecule has 4 N–H and O–H groups in total. The van der Waals surface area contributed by atoms with Gasteiger partial charge in [-0.15, -0.1) is 0 Å². The first-order chi connectivity index (χ1) is 7.64. The van der Waals surface area contributed by atoms with Crippen molar-refractivity contribution in [3.05, 3.63) is 0 Å². The molecule has 0 rings (SSSR count). The van der Waals surface area contributed by atoms with E-state index < -0.39 is 11.6 Å². The second-order valence-electron chi connectivity index (χ2n) is 5.25. The van der Waals surface area contributed by atoms with Crippen LogP contribution in [0.25, 0.3) is 0 Å². The number of hydrogen-bond acceptors (Lipinski definition) is 3. The molecule has 2 atom stereocenters. The minimum absolute atomic E-state index is 0.000000000000000444. The van der Waals surface area contributed by atoms with Gasteiger partial charge >= 0.3 is 0 Å². The van der Waals surface area contributed by atoms with Gasteiger partial charge in [-0.2, -0.15) is 0 Å². The van der Waals surface area contributed by atoms with Crippen molar-refractivity contribution in [2.45, 2.75) is 46.2 Å². The molecular weight excluding hydrogens is 218 g/mol. The molecule has 0 fully saturated rings. The second kappa shape index (κ2) is 6.00. The molecule has 0 radical (unpaired) electrons. The van der Waals surface area contributed by atoms with Crippen LogP contribution < -0.4 is 16.4 Å². The summed E-state index contributed by atoms with van der Waals surface area (Å²) in [4.78, 5) is 23.6. The highest BCUT2D eigenvalue weighted by atomic mass is 16.2. The van der Waals surface area contributed by atoms with Crippen molar-refractivity contribution in [1.82, 2.24) is 10.6 Å². The third-order valence-electron chi connectivity index (χ3n) is 3.17. The predicted octanol–water partition coefficient (Wildman–Crippen LogP) is 0.247. The van der Waals surface area contributed by atoms with Crippen LogP contribution in [-0.2, 0) is 9.59 Å². The Morgan fingerprint density at radius 3 is 1.94 bits per heavy atom. The minimum atomic E-state index is -0.971. The number of nitrogens with one attached hydrogen (secondary N) is 2. The van der Waals surface area contributed by atoms with Crippen LogP contribution >= 0.6 is 0 Å². The Morgan fingerprint density at radius 1 is 1.18 bits per heavy atom. The lowest BCUT2D eigenvalue weighted by Gasteiger charge is -2.31. The highest BCUT2D eigenvalue weighted by molar-refractivity contribution is 5.91. The quantitative estimate of drug-likeness (QED) is 0.647. The Morgan fingerprint density at radius 2 is 1.65 bits per heavy atom. The van der Waals surface area contributed by atoms with Crippen LogP contribution in [0.4, 0.5) is 0 Å². The van der Waals surface area contributed by atoms with Crippen LogP contribution in [0.5, 0.6) is 0 Å². The number of amides is 2. The van der Waals surface area contributed by atoms with Crippen molar-refractivity contribution in [2.24, 2.45) is 17.6 Å². The maximum Gasteiger partial charge on any atom is 0.242 e. The zero-order valence-electron chi connectivity index (χ0n) is 11.6. The topological polar surface area (TPSA) is 84.2 Å². The Bertz CT molecular complexity index is 285. The van der Waals surface area contributed by atoms with Gasteiger partial charge in [0.2, 0.25) is 11.8 Å². The summed E-state index contributed by atoms with van der Waals surface area (Å²) < 4.78 is 0. The van der Waals surface area contributed by atoms with Crippen molar-refractivity contribution < 1.29 is 9.59 Å². The summed E-state index contributed by atoms with van der Waals surface area (Å²) in [7, 11) is 1.55. The van der Waals surface area contributed by atoms with Crippen LogP contribution in [0.2, 0.25) is 0 Å². The summed E-state index contributed by atoms with van der Waals surface area (Å²) in [5.74, 6) is -0.482. The van der Waals surface area contributed by atoms with Gasteiger partial charge in [0.1, 0.15) is 6.04 Å². The second-order valence-corrected chi connectivity index (χ2v) is 5.25. The van der Waals surface area contributed by atoms with Gasteiger partial charge in [0, 0.05) is 7.05 Å². The molecule has 5 nitrogen and oxygen atoms in total. The summed E-state index contributed by atoms with van der Waals surface area (Å²) in [5.41, 5.74) is 4.98. The Balaban J connectivity index is 4.79. The maximum absolute atomic E-state index is 12.0. The summed E-state index contributed by atoms with van der Waals surface area (Å²) in [5, 5.41) is 5.25. The van der Waals surface area contributed by atoms with Crippen molar-refractivity contribution >= 4 is 11.8 Å². The molecule has 0 aliphatic heterocycles. The highest BCUT2D eigenvalue weighted by Crippen LogP contribution is 2.14. The molecule has 0 spiro atoms. The van der Waals surface area contributed by atoms with E-state index in [-0.39, 0.29) is 23.7 Å². The van der Waals surface area contributed by atoms with E-state index in [4.69, 9.17) is 5.73 Å². The zero-order valence-corrected chi connectivity index (χ0v) is 11.6. The molecule has 0 aromatic heterocycles. The van der Waals surface area contributed by atoms with Gasteiger partial charge in [-0.25, -0.2) is 0 Å². The molecule has 0 saturated carbocycles. The van der Waals surface area contributed by atoms with Gasteiger partial charge in [0.05, 0.1) is 5.54 Å². The minimum Gasteiger partial charge on any atom is -0.357 e. The number of likely N-dealkylation sites (N-methyl/N-ethyl adjacent to an activating group) is 1. The monoisotopic (exact) mass is 243 g/mol. The Labute approximate surface area is 104 Å². The van der Waals surface area contributed by atoms with Crippen LogP contribution in [0.3, 0.4) is 0 Å². The van der Waals surface area contributed by atoms with Gasteiger partial charge in [0.15, 0.2) is 0 Å². The number of carbonyl (C=O) groups excluding carboxylic acids is 2. The van der Waals surface area contributed by atoms with Gasteiger partial charge < -0.3 is 16.4 Å². The average molecular weight is 243 g/mol. The van der Waals surface area contributed by atoms with E-state index in [9.17, 15) is 9.59 Å². The summed E-state index contributed by atoms with van der Waals surface area (Å²) in [6.07, 6.45) is 0. The summed E-state index contributed by atoms with van der Waals surface area (Å²) >= 11 is 0. The first-order valence-corrected chi connectivity index (χ1v) is 5.96. The molecule has 0 aromatic rings. The standard InChI is InChI=1S/C12H25N3O2/c1-7(2)9(10(16)14-6)15-11(17)12(5,13)8(3)4/h7-9H,13H2,1-6H3,(H,14,16)(H,15,17). The lowest BCUT2D eigenvalue weighted by Crippen LogP contribution is -2.60. The third-order valence-corrected chi connectivity index (χ3v) is 3.17. The number of hydrogen-bond donors (Lipinski definition) is 3. The molecule has 0 aliphatic carbocycles. The Hall–Kier alpha value is -1.10. The lowest BCUT2D eigenvalue weighted by molar-refractivity contribution is -0.133. The normalized spacial score (nSPS) is 16.5.